The summed E-state index contributed by atoms with van der Waals surface area (Å²) >= 11 is 1.35. The SMILES string of the molecule is CS(=O)(=O)c1ccc2nc(NC(=O)C34CC5CC(CC(C5)C3)C4)sc2c1. The highest BCUT2D eigenvalue weighted by Crippen LogP contribution is 2.60. The van der Waals surface area contributed by atoms with Crippen LogP contribution in [0.15, 0.2) is 23.1 Å². The maximum Gasteiger partial charge on any atom is 0.232 e. The number of aromatic nitrogens is 1. The Hall–Kier alpha value is -1.47. The molecule has 1 N–H and O–H groups in total. The van der Waals surface area contributed by atoms with Crippen LogP contribution in [-0.4, -0.2) is 25.6 Å². The van der Waals surface area contributed by atoms with Gasteiger partial charge in [0.05, 0.1) is 20.5 Å². The molecular weight excluding hydrogens is 368 g/mol. The first-order valence-electron chi connectivity index (χ1n) is 9.23. The van der Waals surface area contributed by atoms with E-state index in [0.717, 1.165) is 47.2 Å². The molecule has 1 aromatic heterocycles. The van der Waals surface area contributed by atoms with E-state index in [2.05, 4.69) is 10.3 Å². The second-order valence-electron chi connectivity index (χ2n) is 8.57. The lowest BCUT2D eigenvalue weighted by atomic mass is 9.49. The highest BCUT2D eigenvalue weighted by molar-refractivity contribution is 7.90. The normalized spacial score (nSPS) is 32.9. The molecule has 7 heteroatoms. The summed E-state index contributed by atoms with van der Waals surface area (Å²) in [5, 5.41) is 3.64. The number of sulfone groups is 1. The number of carbonyl (C=O) groups is 1. The number of rotatable bonds is 3. The number of fused-ring (bicyclic) bond motifs is 1. The number of nitrogens with one attached hydrogen (secondary N) is 1. The van der Waals surface area contributed by atoms with Gasteiger partial charge in [0, 0.05) is 6.26 Å². The lowest BCUT2D eigenvalue weighted by Crippen LogP contribution is -2.51. The summed E-state index contributed by atoms with van der Waals surface area (Å²) in [5.41, 5.74) is 0.521. The fraction of sp³-hybridized carbons (Fsp3) is 0.579. The molecule has 0 atom stereocenters. The molecule has 0 unspecified atom stereocenters. The molecule has 0 spiro atoms. The molecule has 1 aromatic carbocycles. The smallest absolute Gasteiger partial charge is 0.232 e. The summed E-state index contributed by atoms with van der Waals surface area (Å²) in [6, 6.07) is 4.92. The van der Waals surface area contributed by atoms with Crippen LogP contribution in [0.25, 0.3) is 10.2 Å². The number of nitrogens with zero attached hydrogens (tertiary/aromatic N) is 1. The third-order valence-corrected chi connectivity index (χ3v) is 8.57. The van der Waals surface area contributed by atoms with E-state index in [9.17, 15) is 13.2 Å². The van der Waals surface area contributed by atoms with Crippen molar-refractivity contribution >= 4 is 42.4 Å². The van der Waals surface area contributed by atoms with Crippen LogP contribution in [0.5, 0.6) is 0 Å². The van der Waals surface area contributed by atoms with Gasteiger partial charge in [0.15, 0.2) is 15.0 Å². The van der Waals surface area contributed by atoms with Gasteiger partial charge in [0.25, 0.3) is 0 Å². The molecule has 2 aromatic rings. The Kier molecular flexibility index (Phi) is 3.54. The molecule has 1 amide bonds. The summed E-state index contributed by atoms with van der Waals surface area (Å²) in [4.78, 5) is 17.9. The Labute approximate surface area is 157 Å². The van der Waals surface area contributed by atoms with Crippen molar-refractivity contribution in [3.05, 3.63) is 18.2 Å². The van der Waals surface area contributed by atoms with E-state index in [4.69, 9.17) is 0 Å². The number of anilines is 1. The van der Waals surface area contributed by atoms with Gasteiger partial charge in [0.1, 0.15) is 0 Å². The van der Waals surface area contributed by atoms with Gasteiger partial charge in [-0.05, 0) is 74.5 Å². The number of benzene rings is 1. The highest BCUT2D eigenvalue weighted by Gasteiger charge is 2.54. The lowest BCUT2D eigenvalue weighted by Gasteiger charge is -2.55. The van der Waals surface area contributed by atoms with E-state index in [0.29, 0.717) is 5.13 Å². The van der Waals surface area contributed by atoms with E-state index >= 15 is 0 Å². The van der Waals surface area contributed by atoms with Crippen molar-refractivity contribution < 1.29 is 13.2 Å². The molecule has 6 rings (SSSR count). The van der Waals surface area contributed by atoms with Crippen molar-refractivity contribution in [1.29, 1.82) is 0 Å². The van der Waals surface area contributed by atoms with Crippen LogP contribution in [-0.2, 0) is 14.6 Å². The number of carbonyl (C=O) groups excluding carboxylic acids is 1. The maximum atomic E-state index is 13.1. The summed E-state index contributed by atoms with van der Waals surface area (Å²) in [6.07, 6.45) is 8.19. The summed E-state index contributed by atoms with van der Waals surface area (Å²) in [7, 11) is -3.25. The predicted molar refractivity (Wildman–Crippen MR) is 102 cm³/mol. The van der Waals surface area contributed by atoms with Crippen LogP contribution in [0.1, 0.15) is 38.5 Å². The Morgan fingerprint density at radius 3 is 2.35 bits per heavy atom. The van der Waals surface area contributed by atoms with Crippen molar-refractivity contribution in [3.63, 3.8) is 0 Å². The quantitative estimate of drug-likeness (QED) is 0.863. The zero-order valence-electron chi connectivity index (χ0n) is 14.7. The second-order valence-corrected chi connectivity index (χ2v) is 11.6. The topological polar surface area (TPSA) is 76.1 Å². The van der Waals surface area contributed by atoms with Crippen molar-refractivity contribution in [2.45, 2.75) is 43.4 Å². The second kappa shape index (κ2) is 5.52. The molecule has 1 heterocycles. The van der Waals surface area contributed by atoms with Crippen LogP contribution < -0.4 is 5.32 Å². The zero-order chi connectivity index (χ0) is 18.1. The predicted octanol–water partition coefficient (Wildman–Crippen LogP) is 3.85. The van der Waals surface area contributed by atoms with E-state index in [1.165, 1.54) is 36.9 Å². The molecule has 4 saturated carbocycles. The van der Waals surface area contributed by atoms with Crippen molar-refractivity contribution in [2.75, 3.05) is 11.6 Å². The molecule has 5 nitrogen and oxygen atoms in total. The number of amides is 1. The maximum absolute atomic E-state index is 13.1. The molecule has 4 aliphatic carbocycles. The first kappa shape index (κ1) is 16.7. The summed E-state index contributed by atoms with van der Waals surface area (Å²) < 4.78 is 24.3. The van der Waals surface area contributed by atoms with Gasteiger partial charge in [-0.1, -0.05) is 11.3 Å². The van der Waals surface area contributed by atoms with Gasteiger partial charge >= 0.3 is 0 Å². The largest absolute Gasteiger partial charge is 0.301 e. The lowest BCUT2D eigenvalue weighted by molar-refractivity contribution is -0.140. The summed E-state index contributed by atoms with van der Waals surface area (Å²) in [6.45, 7) is 0. The van der Waals surface area contributed by atoms with Gasteiger partial charge in [-0.2, -0.15) is 0 Å². The minimum atomic E-state index is -3.25. The van der Waals surface area contributed by atoms with Crippen molar-refractivity contribution in [1.82, 2.24) is 4.98 Å². The fourth-order valence-electron chi connectivity index (χ4n) is 5.81. The van der Waals surface area contributed by atoms with E-state index in [1.54, 1.807) is 18.2 Å². The molecule has 26 heavy (non-hydrogen) atoms. The zero-order valence-corrected chi connectivity index (χ0v) is 16.3. The molecule has 0 aliphatic heterocycles. The van der Waals surface area contributed by atoms with Gasteiger partial charge in [0.2, 0.25) is 5.91 Å². The number of hydrogen-bond donors (Lipinski definition) is 1. The molecular formula is C19H22N2O3S2. The molecule has 0 saturated heterocycles. The average molecular weight is 391 g/mol. The van der Waals surface area contributed by atoms with Gasteiger partial charge in [-0.25, -0.2) is 13.4 Å². The first-order chi connectivity index (χ1) is 12.3. The molecule has 0 radical (unpaired) electrons. The van der Waals surface area contributed by atoms with Gasteiger partial charge in [-0.15, -0.1) is 0 Å². The minimum absolute atomic E-state index is 0.124. The van der Waals surface area contributed by atoms with Crippen molar-refractivity contribution in [2.24, 2.45) is 23.2 Å². The monoisotopic (exact) mass is 390 g/mol. The van der Waals surface area contributed by atoms with Crippen LogP contribution in [0.4, 0.5) is 5.13 Å². The van der Waals surface area contributed by atoms with E-state index in [1.807, 2.05) is 0 Å². The standard InChI is InChI=1S/C19H22N2O3S2/c1-26(23,24)14-2-3-15-16(7-14)25-18(20-15)21-17(22)19-8-11-4-12(9-19)6-13(5-11)10-19/h2-3,7,11-13H,4-6,8-10H2,1H3,(H,20,21,22). The molecule has 4 bridgehead atoms. The minimum Gasteiger partial charge on any atom is -0.301 e. The Balaban J connectivity index is 1.42. The summed E-state index contributed by atoms with van der Waals surface area (Å²) in [5.74, 6) is 2.29. The Morgan fingerprint density at radius 1 is 1.15 bits per heavy atom. The van der Waals surface area contributed by atoms with E-state index < -0.39 is 9.84 Å². The van der Waals surface area contributed by atoms with Crippen LogP contribution in [0.2, 0.25) is 0 Å². The fourth-order valence-corrected chi connectivity index (χ4v) is 7.43. The van der Waals surface area contributed by atoms with Crippen LogP contribution >= 0.6 is 11.3 Å². The van der Waals surface area contributed by atoms with Gasteiger partial charge < -0.3 is 5.32 Å². The van der Waals surface area contributed by atoms with Crippen molar-refractivity contribution in [3.8, 4) is 0 Å². The van der Waals surface area contributed by atoms with Crippen LogP contribution in [0.3, 0.4) is 0 Å². The molecule has 4 fully saturated rings. The number of hydrogen-bond acceptors (Lipinski definition) is 5. The third-order valence-electron chi connectivity index (χ3n) is 6.53. The number of thiazole rings is 1. The third kappa shape index (κ3) is 2.67. The molecule has 138 valence electrons. The molecule has 4 aliphatic rings. The van der Waals surface area contributed by atoms with Gasteiger partial charge in [-0.3, -0.25) is 4.79 Å². The van der Waals surface area contributed by atoms with E-state index in [-0.39, 0.29) is 16.2 Å². The average Bonchev–Trinajstić information content (AvgIpc) is 2.94. The van der Waals surface area contributed by atoms with Crippen LogP contribution in [0, 0.1) is 23.2 Å². The Morgan fingerprint density at radius 2 is 1.77 bits per heavy atom. The Bertz CT molecular complexity index is 974. The first-order valence-corrected chi connectivity index (χ1v) is 11.9. The highest BCUT2D eigenvalue weighted by atomic mass is 32.2.